The van der Waals surface area contributed by atoms with Crippen LogP contribution in [0.5, 0.6) is 0 Å². The largest absolute Gasteiger partial charge is 0.171 e. The molecule has 54 valence electrons. The summed E-state index contributed by atoms with van der Waals surface area (Å²) in [5.74, 6) is 0. The molecular formula is C9H12S. The predicted molar refractivity (Wildman–Crippen MR) is 48.5 cm³/mol. The Morgan fingerprint density at radius 3 is 2.40 bits per heavy atom. The molecule has 0 aliphatic heterocycles. The average molecular weight is 152 g/mol. The van der Waals surface area contributed by atoms with Crippen LogP contribution in [0.2, 0.25) is 0 Å². The summed E-state index contributed by atoms with van der Waals surface area (Å²) < 4.78 is 0. The zero-order valence-electron chi connectivity index (χ0n) is 6.12. The molecule has 0 unspecified atom stereocenters. The fourth-order valence-corrected chi connectivity index (χ4v) is 1.08. The summed E-state index contributed by atoms with van der Waals surface area (Å²) in [4.78, 5) is 0. The predicted octanol–water partition coefficient (Wildman–Crippen LogP) is 3.07. The van der Waals surface area contributed by atoms with Gasteiger partial charge < -0.3 is 0 Å². The number of benzene rings is 1. The molecule has 0 saturated carbocycles. The molecule has 0 aromatic heterocycles. The Morgan fingerprint density at radius 1 is 1.30 bits per heavy atom. The Labute approximate surface area is 67.7 Å². The van der Waals surface area contributed by atoms with Crippen LogP contribution in [0.15, 0.2) is 30.3 Å². The van der Waals surface area contributed by atoms with Crippen LogP contribution in [0, 0.1) is 0 Å². The number of rotatable bonds is 2. The second kappa shape index (κ2) is 3.67. The first kappa shape index (κ1) is 7.67. The number of hydrogen-bond donors (Lipinski definition) is 1. The molecule has 0 N–H and O–H groups in total. The molecule has 0 bridgehead atoms. The van der Waals surface area contributed by atoms with E-state index in [1.807, 2.05) is 18.2 Å². The van der Waals surface area contributed by atoms with Gasteiger partial charge in [0.05, 0.1) is 0 Å². The van der Waals surface area contributed by atoms with Crippen molar-refractivity contribution in [3.8, 4) is 0 Å². The summed E-state index contributed by atoms with van der Waals surface area (Å²) in [7, 11) is 0. The Hall–Kier alpha value is -0.430. The third kappa shape index (κ3) is 1.77. The third-order valence-corrected chi connectivity index (χ3v) is 2.23. The van der Waals surface area contributed by atoms with Crippen molar-refractivity contribution in [2.24, 2.45) is 0 Å². The van der Waals surface area contributed by atoms with Crippen molar-refractivity contribution >= 4 is 12.6 Å². The van der Waals surface area contributed by atoms with Crippen LogP contribution in [0.1, 0.15) is 24.2 Å². The van der Waals surface area contributed by atoms with Crippen LogP contribution in [-0.2, 0) is 0 Å². The van der Waals surface area contributed by atoms with Gasteiger partial charge in [-0.15, -0.1) is 0 Å². The fraction of sp³-hybridized carbons (Fsp3) is 0.333. The highest BCUT2D eigenvalue weighted by molar-refractivity contribution is 7.80. The molecule has 1 heteroatoms. The summed E-state index contributed by atoms with van der Waals surface area (Å²) in [6.45, 7) is 2.14. The van der Waals surface area contributed by atoms with Gasteiger partial charge in [-0.25, -0.2) is 0 Å². The monoisotopic (exact) mass is 152 g/mol. The van der Waals surface area contributed by atoms with Gasteiger partial charge >= 0.3 is 0 Å². The van der Waals surface area contributed by atoms with Crippen molar-refractivity contribution in [3.63, 3.8) is 0 Å². The Morgan fingerprint density at radius 2 is 1.90 bits per heavy atom. The molecule has 1 aromatic rings. The molecule has 0 fully saturated rings. The lowest BCUT2D eigenvalue weighted by Crippen LogP contribution is -1.85. The summed E-state index contributed by atoms with van der Waals surface area (Å²) >= 11 is 4.42. The van der Waals surface area contributed by atoms with Crippen molar-refractivity contribution in [2.75, 3.05) is 0 Å². The van der Waals surface area contributed by atoms with E-state index in [1.165, 1.54) is 5.56 Å². The standard InChI is InChI=1S/C9H12S/c1-2-9(10)8-6-4-3-5-7-8/h3-7,9-10H,2H2,1H3/t9-/m0/s1. The lowest BCUT2D eigenvalue weighted by atomic mass is 10.1. The first-order valence-electron chi connectivity index (χ1n) is 3.57. The number of hydrogen-bond acceptors (Lipinski definition) is 1. The van der Waals surface area contributed by atoms with Crippen molar-refractivity contribution in [1.29, 1.82) is 0 Å². The number of thiol groups is 1. The van der Waals surface area contributed by atoms with Gasteiger partial charge in [-0.05, 0) is 12.0 Å². The first-order chi connectivity index (χ1) is 4.84. The van der Waals surface area contributed by atoms with Gasteiger partial charge in [-0.2, -0.15) is 12.6 Å². The maximum atomic E-state index is 4.42. The molecule has 0 amide bonds. The van der Waals surface area contributed by atoms with E-state index in [0.29, 0.717) is 5.25 Å². The lowest BCUT2D eigenvalue weighted by Gasteiger charge is -2.05. The van der Waals surface area contributed by atoms with E-state index in [0.717, 1.165) is 6.42 Å². The average Bonchev–Trinajstić information content (AvgIpc) is 2.05. The molecule has 0 radical (unpaired) electrons. The third-order valence-electron chi connectivity index (χ3n) is 1.57. The second-order valence-corrected chi connectivity index (χ2v) is 2.96. The SMILES string of the molecule is CC[C@H](S)c1ccccc1. The highest BCUT2D eigenvalue weighted by Gasteiger charge is 1.99. The molecular weight excluding hydrogens is 140 g/mol. The van der Waals surface area contributed by atoms with E-state index in [1.54, 1.807) is 0 Å². The minimum Gasteiger partial charge on any atom is -0.171 e. The second-order valence-electron chi connectivity index (χ2n) is 2.33. The molecule has 0 saturated heterocycles. The molecule has 1 rings (SSSR count). The van der Waals surface area contributed by atoms with Gasteiger partial charge in [0.25, 0.3) is 0 Å². The zero-order valence-corrected chi connectivity index (χ0v) is 7.01. The van der Waals surface area contributed by atoms with Crippen LogP contribution in [0.25, 0.3) is 0 Å². The molecule has 0 aliphatic carbocycles. The molecule has 1 aromatic carbocycles. The Kier molecular flexibility index (Phi) is 2.82. The van der Waals surface area contributed by atoms with E-state index in [4.69, 9.17) is 0 Å². The molecule has 0 nitrogen and oxygen atoms in total. The summed E-state index contributed by atoms with van der Waals surface area (Å²) in [5, 5.41) is 0.404. The normalized spacial score (nSPS) is 13.0. The molecule has 0 spiro atoms. The maximum absolute atomic E-state index is 4.42. The van der Waals surface area contributed by atoms with Gasteiger partial charge in [0.2, 0.25) is 0 Å². The topological polar surface area (TPSA) is 0 Å². The van der Waals surface area contributed by atoms with Crippen LogP contribution in [0.3, 0.4) is 0 Å². The van der Waals surface area contributed by atoms with Crippen molar-refractivity contribution in [1.82, 2.24) is 0 Å². The zero-order chi connectivity index (χ0) is 7.40. The quantitative estimate of drug-likeness (QED) is 0.619. The van der Waals surface area contributed by atoms with E-state index in [9.17, 15) is 0 Å². The van der Waals surface area contributed by atoms with Gasteiger partial charge in [-0.3, -0.25) is 0 Å². The van der Waals surface area contributed by atoms with Crippen molar-refractivity contribution < 1.29 is 0 Å². The van der Waals surface area contributed by atoms with E-state index < -0.39 is 0 Å². The summed E-state index contributed by atoms with van der Waals surface area (Å²) in [6.07, 6.45) is 1.09. The highest BCUT2D eigenvalue weighted by atomic mass is 32.1. The smallest absolute Gasteiger partial charge is 0.0264 e. The minimum atomic E-state index is 0.404. The molecule has 0 aliphatic rings. The van der Waals surface area contributed by atoms with E-state index >= 15 is 0 Å². The van der Waals surface area contributed by atoms with Crippen LogP contribution in [0.4, 0.5) is 0 Å². The van der Waals surface area contributed by atoms with Gasteiger partial charge in [0, 0.05) is 5.25 Å². The van der Waals surface area contributed by atoms with Crippen LogP contribution in [-0.4, -0.2) is 0 Å². The first-order valence-corrected chi connectivity index (χ1v) is 4.09. The molecule has 0 heterocycles. The highest BCUT2D eigenvalue weighted by Crippen LogP contribution is 2.21. The van der Waals surface area contributed by atoms with Crippen molar-refractivity contribution in [3.05, 3.63) is 35.9 Å². The maximum Gasteiger partial charge on any atom is 0.0264 e. The van der Waals surface area contributed by atoms with Crippen molar-refractivity contribution in [2.45, 2.75) is 18.6 Å². The fourth-order valence-electron chi connectivity index (χ4n) is 0.911. The van der Waals surface area contributed by atoms with Gasteiger partial charge in [0.1, 0.15) is 0 Å². The van der Waals surface area contributed by atoms with E-state index in [-0.39, 0.29) is 0 Å². The van der Waals surface area contributed by atoms with Gasteiger partial charge in [-0.1, -0.05) is 37.3 Å². The van der Waals surface area contributed by atoms with E-state index in [2.05, 4.69) is 31.7 Å². The molecule has 1 atom stereocenters. The Bertz CT molecular complexity index is 181. The Balaban J connectivity index is 2.75. The van der Waals surface area contributed by atoms with Gasteiger partial charge in [0.15, 0.2) is 0 Å². The van der Waals surface area contributed by atoms with Crippen LogP contribution < -0.4 is 0 Å². The lowest BCUT2D eigenvalue weighted by molar-refractivity contribution is 0.903. The minimum absolute atomic E-state index is 0.404. The summed E-state index contributed by atoms with van der Waals surface area (Å²) in [5.41, 5.74) is 1.31. The summed E-state index contributed by atoms with van der Waals surface area (Å²) in [6, 6.07) is 10.4. The molecule has 10 heavy (non-hydrogen) atoms. The van der Waals surface area contributed by atoms with Crippen LogP contribution >= 0.6 is 12.6 Å².